The Morgan fingerprint density at radius 3 is 1.61 bits per heavy atom. The van der Waals surface area contributed by atoms with Crippen molar-refractivity contribution >= 4 is 0 Å². The Labute approximate surface area is 97.7 Å². The number of alkyl halides is 8. The SMILES string of the molecule is FCC(F)N1CC(C(F)(F)F)CC(C(F)(F)F)C1. The fourth-order valence-electron chi connectivity index (χ4n) is 1.93. The molecule has 0 aromatic carbocycles. The first-order valence-electron chi connectivity index (χ1n) is 5.13. The Balaban J connectivity index is 2.86. The van der Waals surface area contributed by atoms with Crippen molar-refractivity contribution in [2.24, 2.45) is 11.8 Å². The predicted molar refractivity (Wildman–Crippen MR) is 46.2 cm³/mol. The molecular weight excluding hydrogens is 274 g/mol. The topological polar surface area (TPSA) is 3.24 Å². The number of hydrogen-bond acceptors (Lipinski definition) is 1. The molecule has 0 radical (unpaired) electrons. The zero-order chi connectivity index (χ0) is 14.1. The molecule has 0 amide bonds. The molecule has 0 bridgehead atoms. The van der Waals surface area contributed by atoms with E-state index in [4.69, 9.17) is 0 Å². The first-order chi connectivity index (χ1) is 8.05. The summed E-state index contributed by atoms with van der Waals surface area (Å²) in [6.07, 6.45) is -13.3. The van der Waals surface area contributed by atoms with Crippen LogP contribution in [0.3, 0.4) is 0 Å². The number of hydrogen-bond donors (Lipinski definition) is 0. The maximum Gasteiger partial charge on any atom is 0.393 e. The summed E-state index contributed by atoms with van der Waals surface area (Å²) in [7, 11) is 0. The summed E-state index contributed by atoms with van der Waals surface area (Å²) in [5.74, 6) is -4.58. The summed E-state index contributed by atoms with van der Waals surface area (Å²) in [5.41, 5.74) is 0. The van der Waals surface area contributed by atoms with Gasteiger partial charge in [0.25, 0.3) is 0 Å². The lowest BCUT2D eigenvalue weighted by atomic mass is 9.88. The van der Waals surface area contributed by atoms with E-state index in [1.54, 1.807) is 0 Å². The molecule has 0 saturated carbocycles. The van der Waals surface area contributed by atoms with Gasteiger partial charge in [-0.1, -0.05) is 0 Å². The van der Waals surface area contributed by atoms with Gasteiger partial charge in [-0.2, -0.15) is 26.3 Å². The molecule has 0 spiro atoms. The van der Waals surface area contributed by atoms with E-state index >= 15 is 0 Å². The van der Waals surface area contributed by atoms with Crippen molar-refractivity contribution in [1.82, 2.24) is 4.90 Å². The Hall–Kier alpha value is -0.600. The molecule has 0 aromatic rings. The minimum absolute atomic E-state index is 0.264. The molecule has 1 aliphatic heterocycles. The lowest BCUT2D eigenvalue weighted by molar-refractivity contribution is -0.237. The fourth-order valence-corrected chi connectivity index (χ4v) is 1.93. The first kappa shape index (κ1) is 15.5. The number of nitrogens with zero attached hydrogens (tertiary/aromatic N) is 1. The second kappa shape index (κ2) is 5.18. The zero-order valence-electron chi connectivity index (χ0n) is 9.03. The van der Waals surface area contributed by atoms with Gasteiger partial charge in [0, 0.05) is 13.1 Å². The van der Waals surface area contributed by atoms with Crippen molar-refractivity contribution < 1.29 is 35.1 Å². The van der Waals surface area contributed by atoms with Gasteiger partial charge in [0.05, 0.1) is 11.8 Å². The van der Waals surface area contributed by atoms with Crippen molar-refractivity contribution in [2.75, 3.05) is 19.8 Å². The van der Waals surface area contributed by atoms with E-state index in [0.717, 1.165) is 0 Å². The average Bonchev–Trinajstić information content (AvgIpc) is 2.25. The van der Waals surface area contributed by atoms with Gasteiger partial charge < -0.3 is 0 Å². The minimum Gasteiger partial charge on any atom is -0.271 e. The van der Waals surface area contributed by atoms with Crippen LogP contribution in [-0.4, -0.2) is 43.3 Å². The van der Waals surface area contributed by atoms with Gasteiger partial charge >= 0.3 is 12.4 Å². The van der Waals surface area contributed by atoms with E-state index in [1.165, 1.54) is 0 Å². The fraction of sp³-hybridized carbons (Fsp3) is 1.00. The maximum absolute atomic E-state index is 13.0. The number of halogens is 8. The van der Waals surface area contributed by atoms with Crippen LogP contribution < -0.4 is 0 Å². The van der Waals surface area contributed by atoms with E-state index in [1.807, 2.05) is 0 Å². The van der Waals surface area contributed by atoms with Crippen molar-refractivity contribution in [3.63, 3.8) is 0 Å². The summed E-state index contributed by atoms with van der Waals surface area (Å²) < 4.78 is 99.6. The summed E-state index contributed by atoms with van der Waals surface area (Å²) in [5, 5.41) is 0. The van der Waals surface area contributed by atoms with Crippen LogP contribution in [0.1, 0.15) is 6.42 Å². The van der Waals surface area contributed by atoms with Crippen LogP contribution in [0.2, 0.25) is 0 Å². The quantitative estimate of drug-likeness (QED) is 0.556. The molecule has 3 unspecified atom stereocenters. The molecule has 1 aliphatic rings. The monoisotopic (exact) mass is 285 g/mol. The Morgan fingerprint density at radius 1 is 0.944 bits per heavy atom. The summed E-state index contributed by atoms with van der Waals surface area (Å²) in [4.78, 5) is 0.264. The molecule has 9 heteroatoms. The molecule has 1 nitrogen and oxygen atoms in total. The van der Waals surface area contributed by atoms with E-state index < -0.39 is 56.7 Å². The highest BCUT2D eigenvalue weighted by molar-refractivity contribution is 4.87. The number of piperidine rings is 1. The second-order valence-corrected chi connectivity index (χ2v) is 4.26. The van der Waals surface area contributed by atoms with Crippen molar-refractivity contribution in [1.29, 1.82) is 0 Å². The Kier molecular flexibility index (Phi) is 4.45. The summed E-state index contributed by atoms with van der Waals surface area (Å²) >= 11 is 0. The minimum atomic E-state index is -4.85. The van der Waals surface area contributed by atoms with Gasteiger partial charge in [-0.25, -0.2) is 8.78 Å². The molecule has 1 fully saturated rings. The third-order valence-electron chi connectivity index (χ3n) is 2.93. The van der Waals surface area contributed by atoms with Crippen LogP contribution >= 0.6 is 0 Å². The van der Waals surface area contributed by atoms with Crippen LogP contribution in [0.15, 0.2) is 0 Å². The maximum atomic E-state index is 13.0. The highest BCUT2D eigenvalue weighted by atomic mass is 19.4. The van der Waals surface area contributed by atoms with E-state index in [0.29, 0.717) is 0 Å². The average molecular weight is 285 g/mol. The van der Waals surface area contributed by atoms with Crippen LogP contribution in [0.5, 0.6) is 0 Å². The lowest BCUT2D eigenvalue weighted by Crippen LogP contribution is -2.52. The van der Waals surface area contributed by atoms with E-state index in [9.17, 15) is 35.1 Å². The molecule has 18 heavy (non-hydrogen) atoms. The van der Waals surface area contributed by atoms with Gasteiger partial charge in [0.15, 0.2) is 6.30 Å². The molecule has 108 valence electrons. The van der Waals surface area contributed by atoms with E-state index in [2.05, 4.69) is 0 Å². The van der Waals surface area contributed by atoms with Crippen LogP contribution in [0.25, 0.3) is 0 Å². The molecule has 3 atom stereocenters. The van der Waals surface area contributed by atoms with Gasteiger partial charge in [0.2, 0.25) is 0 Å². The third kappa shape index (κ3) is 3.69. The zero-order valence-corrected chi connectivity index (χ0v) is 9.03. The number of rotatable bonds is 2. The molecule has 0 aliphatic carbocycles. The summed E-state index contributed by atoms with van der Waals surface area (Å²) in [6, 6.07) is 0. The molecular formula is C9H11F8N. The van der Waals surface area contributed by atoms with Crippen molar-refractivity contribution in [3.05, 3.63) is 0 Å². The molecule has 1 saturated heterocycles. The molecule has 1 heterocycles. The molecule has 0 N–H and O–H groups in total. The highest BCUT2D eigenvalue weighted by Crippen LogP contribution is 2.41. The van der Waals surface area contributed by atoms with Crippen molar-refractivity contribution in [2.45, 2.75) is 25.1 Å². The smallest absolute Gasteiger partial charge is 0.271 e. The normalized spacial score (nSPS) is 29.3. The van der Waals surface area contributed by atoms with E-state index in [-0.39, 0.29) is 4.90 Å². The Bertz CT molecular complexity index is 251. The Morgan fingerprint density at radius 2 is 1.33 bits per heavy atom. The van der Waals surface area contributed by atoms with Gasteiger partial charge in [0.1, 0.15) is 6.67 Å². The van der Waals surface area contributed by atoms with Gasteiger partial charge in [-0.15, -0.1) is 0 Å². The van der Waals surface area contributed by atoms with Crippen LogP contribution in [-0.2, 0) is 0 Å². The van der Waals surface area contributed by atoms with Crippen molar-refractivity contribution in [3.8, 4) is 0 Å². The number of likely N-dealkylation sites (tertiary alicyclic amines) is 1. The largest absolute Gasteiger partial charge is 0.393 e. The summed E-state index contributed by atoms with van der Waals surface area (Å²) in [6.45, 7) is -3.52. The lowest BCUT2D eigenvalue weighted by Gasteiger charge is -2.39. The van der Waals surface area contributed by atoms with Gasteiger partial charge in [-0.05, 0) is 6.42 Å². The van der Waals surface area contributed by atoms with Gasteiger partial charge in [-0.3, -0.25) is 4.90 Å². The standard InChI is InChI=1S/C9H11F8N/c10-2-7(11)18-3-5(8(12,13)14)1-6(4-18)9(15,16)17/h5-7H,1-4H2. The predicted octanol–water partition coefficient (Wildman–Crippen LogP) is 3.31. The third-order valence-corrected chi connectivity index (χ3v) is 2.93. The first-order valence-corrected chi connectivity index (χ1v) is 5.13. The molecule has 0 aromatic heterocycles. The molecule has 1 rings (SSSR count). The van der Waals surface area contributed by atoms with Crippen LogP contribution in [0, 0.1) is 11.8 Å². The highest BCUT2D eigenvalue weighted by Gasteiger charge is 2.52. The van der Waals surface area contributed by atoms with Crippen LogP contribution in [0.4, 0.5) is 35.1 Å². The second-order valence-electron chi connectivity index (χ2n) is 4.26.